The quantitative estimate of drug-likeness (QED) is 0.766. The Morgan fingerprint density at radius 1 is 1.00 bits per heavy atom. The summed E-state index contributed by atoms with van der Waals surface area (Å²) >= 11 is 0. The van der Waals surface area contributed by atoms with E-state index in [1.54, 1.807) is 0 Å². The molecular formula is C23H28N2O. The predicted molar refractivity (Wildman–Crippen MR) is 107 cm³/mol. The van der Waals surface area contributed by atoms with Crippen LogP contribution in [0.15, 0.2) is 42.5 Å². The molecule has 3 heteroatoms. The summed E-state index contributed by atoms with van der Waals surface area (Å²) in [5.74, 6) is 0.942. The number of anilines is 2. The van der Waals surface area contributed by atoms with E-state index < -0.39 is 0 Å². The topological polar surface area (TPSA) is 23.6 Å². The van der Waals surface area contributed by atoms with Crippen LogP contribution in [0.2, 0.25) is 0 Å². The van der Waals surface area contributed by atoms with Crippen molar-refractivity contribution in [2.75, 3.05) is 24.5 Å². The first kappa shape index (κ1) is 17.1. The summed E-state index contributed by atoms with van der Waals surface area (Å²) in [4.78, 5) is 17.3. The largest absolute Gasteiger partial charge is 0.341 e. The molecule has 0 N–H and O–H groups in total. The molecule has 0 saturated carbocycles. The van der Waals surface area contributed by atoms with Gasteiger partial charge in [0.25, 0.3) is 5.91 Å². The molecule has 2 aliphatic rings. The van der Waals surface area contributed by atoms with Crippen LogP contribution in [0.3, 0.4) is 0 Å². The average Bonchev–Trinajstić information content (AvgIpc) is 2.68. The maximum absolute atomic E-state index is 12.9. The fraction of sp³-hybridized carbons (Fsp3) is 0.435. The molecule has 2 aliphatic heterocycles. The zero-order valence-corrected chi connectivity index (χ0v) is 15.9. The van der Waals surface area contributed by atoms with E-state index in [1.165, 1.54) is 22.5 Å². The van der Waals surface area contributed by atoms with Gasteiger partial charge in [-0.25, -0.2) is 0 Å². The van der Waals surface area contributed by atoms with Crippen molar-refractivity contribution in [1.82, 2.24) is 4.90 Å². The highest BCUT2D eigenvalue weighted by Gasteiger charge is 2.24. The lowest BCUT2D eigenvalue weighted by Gasteiger charge is -2.33. The molecule has 0 spiro atoms. The summed E-state index contributed by atoms with van der Waals surface area (Å²) in [6.45, 7) is 7.22. The molecule has 1 amide bonds. The van der Waals surface area contributed by atoms with Gasteiger partial charge < -0.3 is 9.80 Å². The number of fused-ring (bicyclic) bond motifs is 1. The number of likely N-dealkylation sites (tertiary alicyclic amines) is 1. The molecule has 0 unspecified atom stereocenters. The number of nitrogens with zero attached hydrogens (tertiary/aromatic N) is 2. The van der Waals surface area contributed by atoms with E-state index in [2.05, 4.69) is 55.1 Å². The first-order chi connectivity index (χ1) is 12.6. The maximum Gasteiger partial charge on any atom is 0.253 e. The van der Waals surface area contributed by atoms with Crippen molar-refractivity contribution in [2.24, 2.45) is 5.92 Å². The number of rotatable bonds is 2. The lowest BCUT2D eigenvalue weighted by Crippen LogP contribution is -2.38. The first-order valence-electron chi connectivity index (χ1n) is 9.88. The van der Waals surface area contributed by atoms with Gasteiger partial charge in [0.2, 0.25) is 0 Å². The van der Waals surface area contributed by atoms with Crippen LogP contribution in [-0.4, -0.2) is 30.4 Å². The molecule has 0 aliphatic carbocycles. The molecule has 136 valence electrons. The maximum atomic E-state index is 12.9. The van der Waals surface area contributed by atoms with Gasteiger partial charge in [0, 0.05) is 36.6 Å². The van der Waals surface area contributed by atoms with Gasteiger partial charge in [-0.3, -0.25) is 4.79 Å². The van der Waals surface area contributed by atoms with E-state index in [4.69, 9.17) is 0 Å². The fourth-order valence-corrected chi connectivity index (χ4v) is 4.12. The summed E-state index contributed by atoms with van der Waals surface area (Å²) in [5, 5.41) is 0. The summed E-state index contributed by atoms with van der Waals surface area (Å²) in [7, 11) is 0. The van der Waals surface area contributed by atoms with Crippen LogP contribution in [0.4, 0.5) is 11.4 Å². The van der Waals surface area contributed by atoms with Crippen molar-refractivity contribution in [1.29, 1.82) is 0 Å². The zero-order valence-electron chi connectivity index (χ0n) is 15.9. The standard InChI is InChI=1S/C23H28N2O/c1-17-5-8-21(9-6-17)25-13-3-4-19-16-20(7-10-22(19)25)23(26)24-14-11-18(2)12-15-24/h5-10,16,18H,3-4,11-15H2,1-2H3. The number of carbonyl (C=O) groups is 1. The van der Waals surface area contributed by atoms with Crippen LogP contribution < -0.4 is 4.90 Å². The molecule has 0 radical (unpaired) electrons. The Morgan fingerprint density at radius 2 is 1.73 bits per heavy atom. The highest BCUT2D eigenvalue weighted by molar-refractivity contribution is 5.95. The van der Waals surface area contributed by atoms with E-state index in [9.17, 15) is 4.79 Å². The van der Waals surface area contributed by atoms with Crippen molar-refractivity contribution in [3.8, 4) is 0 Å². The van der Waals surface area contributed by atoms with Gasteiger partial charge >= 0.3 is 0 Å². The number of piperidine rings is 1. The van der Waals surface area contributed by atoms with Gasteiger partial charge in [0.05, 0.1) is 0 Å². The monoisotopic (exact) mass is 348 g/mol. The third-order valence-corrected chi connectivity index (χ3v) is 5.86. The van der Waals surface area contributed by atoms with E-state index in [1.807, 2.05) is 11.0 Å². The van der Waals surface area contributed by atoms with E-state index in [-0.39, 0.29) is 5.91 Å². The third kappa shape index (κ3) is 3.35. The van der Waals surface area contributed by atoms with Crippen LogP contribution >= 0.6 is 0 Å². The smallest absolute Gasteiger partial charge is 0.253 e. The summed E-state index contributed by atoms with van der Waals surface area (Å²) in [5.41, 5.74) is 5.92. The van der Waals surface area contributed by atoms with E-state index >= 15 is 0 Å². The predicted octanol–water partition coefficient (Wildman–Crippen LogP) is 4.95. The first-order valence-corrected chi connectivity index (χ1v) is 9.88. The van der Waals surface area contributed by atoms with Gasteiger partial charge in [-0.05, 0) is 74.4 Å². The van der Waals surface area contributed by atoms with Crippen LogP contribution in [0.5, 0.6) is 0 Å². The minimum Gasteiger partial charge on any atom is -0.341 e. The van der Waals surface area contributed by atoms with E-state index in [0.29, 0.717) is 0 Å². The summed E-state index contributed by atoms with van der Waals surface area (Å²) in [6, 6.07) is 15.0. The molecule has 2 heterocycles. The lowest BCUT2D eigenvalue weighted by molar-refractivity contribution is 0.0697. The van der Waals surface area contributed by atoms with Crippen LogP contribution in [0, 0.1) is 12.8 Å². The number of amides is 1. The number of benzene rings is 2. The van der Waals surface area contributed by atoms with Crippen LogP contribution in [-0.2, 0) is 6.42 Å². The number of carbonyl (C=O) groups excluding carboxylic acids is 1. The van der Waals surface area contributed by atoms with Crippen LogP contribution in [0.1, 0.15) is 47.7 Å². The van der Waals surface area contributed by atoms with Gasteiger partial charge in [0.15, 0.2) is 0 Å². The highest BCUT2D eigenvalue weighted by Crippen LogP contribution is 2.34. The normalized spacial score (nSPS) is 17.9. The van der Waals surface area contributed by atoms with Crippen molar-refractivity contribution < 1.29 is 4.79 Å². The number of hydrogen-bond acceptors (Lipinski definition) is 2. The third-order valence-electron chi connectivity index (χ3n) is 5.86. The van der Waals surface area contributed by atoms with Gasteiger partial charge in [-0.15, -0.1) is 0 Å². The van der Waals surface area contributed by atoms with Gasteiger partial charge in [-0.1, -0.05) is 24.6 Å². The minimum atomic E-state index is 0.201. The molecular weight excluding hydrogens is 320 g/mol. The molecule has 1 fully saturated rings. The summed E-state index contributed by atoms with van der Waals surface area (Å²) < 4.78 is 0. The van der Waals surface area contributed by atoms with Crippen LogP contribution in [0.25, 0.3) is 0 Å². The Balaban J connectivity index is 1.58. The Bertz CT molecular complexity index is 788. The molecule has 1 saturated heterocycles. The van der Waals surface area contributed by atoms with Gasteiger partial charge in [0.1, 0.15) is 0 Å². The van der Waals surface area contributed by atoms with Crippen molar-refractivity contribution in [3.63, 3.8) is 0 Å². The SMILES string of the molecule is Cc1ccc(N2CCCc3cc(C(=O)N4CCC(C)CC4)ccc32)cc1. The van der Waals surface area contributed by atoms with Crippen molar-refractivity contribution in [2.45, 2.75) is 39.5 Å². The average molecular weight is 348 g/mol. The second-order valence-corrected chi connectivity index (χ2v) is 7.91. The second kappa shape index (κ2) is 7.14. The lowest BCUT2D eigenvalue weighted by atomic mass is 9.96. The molecule has 4 rings (SSSR count). The molecule has 3 nitrogen and oxygen atoms in total. The Labute approximate surface area is 156 Å². The fourth-order valence-electron chi connectivity index (χ4n) is 4.12. The Kier molecular flexibility index (Phi) is 4.71. The molecule has 0 aromatic heterocycles. The van der Waals surface area contributed by atoms with Crippen molar-refractivity contribution >= 4 is 17.3 Å². The Morgan fingerprint density at radius 3 is 2.46 bits per heavy atom. The molecule has 2 aromatic carbocycles. The summed E-state index contributed by atoms with van der Waals surface area (Å²) in [6.07, 6.45) is 4.42. The zero-order chi connectivity index (χ0) is 18.1. The molecule has 0 bridgehead atoms. The molecule has 2 aromatic rings. The number of hydrogen-bond donors (Lipinski definition) is 0. The van der Waals surface area contributed by atoms with E-state index in [0.717, 1.165) is 56.8 Å². The molecule has 26 heavy (non-hydrogen) atoms. The second-order valence-electron chi connectivity index (χ2n) is 7.91. The molecule has 0 atom stereocenters. The highest BCUT2D eigenvalue weighted by atomic mass is 16.2. The minimum absolute atomic E-state index is 0.201. The van der Waals surface area contributed by atoms with Crippen molar-refractivity contribution in [3.05, 3.63) is 59.2 Å². The Hall–Kier alpha value is -2.29. The van der Waals surface area contributed by atoms with Gasteiger partial charge in [-0.2, -0.15) is 0 Å². The number of aryl methyl sites for hydroxylation is 2.